The molecule has 2 aromatic rings. The van der Waals surface area contributed by atoms with E-state index in [-0.39, 0.29) is 5.54 Å². The van der Waals surface area contributed by atoms with Gasteiger partial charge in [0.1, 0.15) is 11.3 Å². The molecule has 0 amide bonds. The predicted molar refractivity (Wildman–Crippen MR) is 80.6 cm³/mol. The van der Waals surface area contributed by atoms with Gasteiger partial charge in [0.15, 0.2) is 5.65 Å². The highest BCUT2D eigenvalue weighted by Gasteiger charge is 2.41. The van der Waals surface area contributed by atoms with E-state index in [0.29, 0.717) is 17.7 Å². The van der Waals surface area contributed by atoms with Gasteiger partial charge in [0.2, 0.25) is 5.88 Å². The third kappa shape index (κ3) is 2.16. The second kappa shape index (κ2) is 4.92. The Morgan fingerprint density at radius 3 is 2.70 bits per heavy atom. The summed E-state index contributed by atoms with van der Waals surface area (Å²) in [7, 11) is 1.64. The summed E-state index contributed by atoms with van der Waals surface area (Å²) in [5, 5.41) is 0. The summed E-state index contributed by atoms with van der Waals surface area (Å²) < 4.78 is 7.53. The van der Waals surface area contributed by atoms with Crippen molar-refractivity contribution >= 4 is 22.8 Å². The van der Waals surface area contributed by atoms with Crippen molar-refractivity contribution in [1.82, 2.24) is 14.5 Å². The van der Waals surface area contributed by atoms with E-state index in [4.69, 9.17) is 21.3 Å². The van der Waals surface area contributed by atoms with Gasteiger partial charge in [0.05, 0.1) is 7.11 Å². The van der Waals surface area contributed by atoms with Crippen molar-refractivity contribution < 1.29 is 4.74 Å². The molecule has 4 nitrogen and oxygen atoms in total. The lowest BCUT2D eigenvalue weighted by Crippen LogP contribution is -2.31. The van der Waals surface area contributed by atoms with Crippen molar-refractivity contribution in [2.24, 2.45) is 5.92 Å². The standard InChI is InChI=1S/C15H20ClN3O/c1-15(2,10-4-5-10)19-12(8-9-16)17-11-6-7-13(20-3)18-14(11)19/h6-7,10H,4-5,8-9H2,1-3H3. The number of aryl methyl sites for hydroxylation is 1. The molecule has 1 saturated carbocycles. The van der Waals surface area contributed by atoms with Gasteiger partial charge in [-0.1, -0.05) is 0 Å². The van der Waals surface area contributed by atoms with Gasteiger partial charge < -0.3 is 9.30 Å². The predicted octanol–water partition coefficient (Wildman–Crippen LogP) is 3.37. The summed E-state index contributed by atoms with van der Waals surface area (Å²) in [6.07, 6.45) is 3.31. The fourth-order valence-corrected chi connectivity index (χ4v) is 3.10. The second-order valence-corrected chi connectivity index (χ2v) is 6.30. The molecule has 0 N–H and O–H groups in total. The maximum atomic E-state index is 5.94. The van der Waals surface area contributed by atoms with Crippen LogP contribution >= 0.6 is 11.6 Å². The van der Waals surface area contributed by atoms with Crippen LogP contribution in [0.15, 0.2) is 12.1 Å². The molecule has 0 saturated heterocycles. The van der Waals surface area contributed by atoms with E-state index in [2.05, 4.69) is 23.4 Å². The lowest BCUT2D eigenvalue weighted by molar-refractivity contribution is 0.302. The minimum absolute atomic E-state index is 0.0233. The van der Waals surface area contributed by atoms with Crippen LogP contribution in [0.25, 0.3) is 11.2 Å². The maximum absolute atomic E-state index is 5.94. The Hall–Kier alpha value is -1.29. The van der Waals surface area contributed by atoms with Crippen LogP contribution in [0.2, 0.25) is 0 Å². The second-order valence-electron chi connectivity index (χ2n) is 5.93. The first-order valence-corrected chi connectivity index (χ1v) is 7.60. The third-order valence-corrected chi connectivity index (χ3v) is 4.42. The fourth-order valence-electron chi connectivity index (χ4n) is 2.93. The summed E-state index contributed by atoms with van der Waals surface area (Å²) in [4.78, 5) is 9.32. The highest BCUT2D eigenvalue weighted by Crippen LogP contribution is 2.45. The number of methoxy groups -OCH3 is 1. The van der Waals surface area contributed by atoms with Gasteiger partial charge in [-0.2, -0.15) is 4.98 Å². The van der Waals surface area contributed by atoms with Crippen molar-refractivity contribution in [2.75, 3.05) is 13.0 Å². The van der Waals surface area contributed by atoms with Crippen LogP contribution in [0.4, 0.5) is 0 Å². The normalized spacial score (nSPS) is 15.8. The number of rotatable bonds is 5. The van der Waals surface area contributed by atoms with Crippen molar-refractivity contribution in [3.8, 4) is 5.88 Å². The molecule has 1 aliphatic rings. The smallest absolute Gasteiger partial charge is 0.215 e. The number of imidazole rings is 1. The average molecular weight is 294 g/mol. The summed E-state index contributed by atoms with van der Waals surface area (Å²) >= 11 is 5.94. The van der Waals surface area contributed by atoms with Crippen LogP contribution in [-0.2, 0) is 12.0 Å². The molecular weight excluding hydrogens is 274 g/mol. The number of fused-ring (bicyclic) bond motifs is 1. The summed E-state index contributed by atoms with van der Waals surface area (Å²) in [5.41, 5.74) is 1.84. The van der Waals surface area contributed by atoms with Gasteiger partial charge in [-0.3, -0.25) is 0 Å². The first-order chi connectivity index (χ1) is 9.57. The largest absolute Gasteiger partial charge is 0.481 e. The zero-order valence-corrected chi connectivity index (χ0v) is 12.9. The zero-order valence-electron chi connectivity index (χ0n) is 12.2. The van der Waals surface area contributed by atoms with Gasteiger partial charge in [0.25, 0.3) is 0 Å². The van der Waals surface area contributed by atoms with Crippen molar-refractivity contribution in [3.63, 3.8) is 0 Å². The Morgan fingerprint density at radius 2 is 2.10 bits per heavy atom. The highest BCUT2D eigenvalue weighted by molar-refractivity contribution is 6.17. The molecule has 20 heavy (non-hydrogen) atoms. The van der Waals surface area contributed by atoms with Crippen LogP contribution < -0.4 is 4.74 Å². The van der Waals surface area contributed by atoms with Gasteiger partial charge in [-0.25, -0.2) is 4.98 Å². The molecule has 0 unspecified atom stereocenters. The van der Waals surface area contributed by atoms with E-state index < -0.39 is 0 Å². The highest BCUT2D eigenvalue weighted by atomic mass is 35.5. The van der Waals surface area contributed by atoms with Crippen LogP contribution in [0.1, 0.15) is 32.5 Å². The van der Waals surface area contributed by atoms with Crippen molar-refractivity contribution in [3.05, 3.63) is 18.0 Å². The van der Waals surface area contributed by atoms with Crippen LogP contribution in [0, 0.1) is 5.92 Å². The molecule has 2 heterocycles. The molecule has 3 rings (SSSR count). The van der Waals surface area contributed by atoms with E-state index in [1.807, 2.05) is 12.1 Å². The number of aromatic nitrogens is 3. The number of halogens is 1. The molecule has 108 valence electrons. The van der Waals surface area contributed by atoms with Crippen LogP contribution in [0.5, 0.6) is 5.88 Å². The number of hydrogen-bond donors (Lipinski definition) is 0. The zero-order chi connectivity index (χ0) is 14.3. The third-order valence-electron chi connectivity index (χ3n) is 4.23. The van der Waals surface area contributed by atoms with E-state index in [9.17, 15) is 0 Å². The minimum atomic E-state index is 0.0233. The number of nitrogens with zero attached hydrogens (tertiary/aromatic N) is 3. The van der Waals surface area contributed by atoms with E-state index >= 15 is 0 Å². The van der Waals surface area contributed by atoms with E-state index in [1.165, 1.54) is 12.8 Å². The quantitative estimate of drug-likeness (QED) is 0.794. The molecule has 0 aromatic carbocycles. The van der Waals surface area contributed by atoms with Crippen molar-refractivity contribution in [1.29, 1.82) is 0 Å². The Balaban J connectivity index is 2.21. The maximum Gasteiger partial charge on any atom is 0.215 e. The fraction of sp³-hybridized carbons (Fsp3) is 0.600. The molecular formula is C15H20ClN3O. The van der Waals surface area contributed by atoms with Gasteiger partial charge in [-0.15, -0.1) is 11.6 Å². The lowest BCUT2D eigenvalue weighted by atomic mass is 9.98. The summed E-state index contributed by atoms with van der Waals surface area (Å²) in [6.45, 7) is 4.54. The Labute approximate surface area is 124 Å². The molecule has 1 aliphatic carbocycles. The molecule has 0 spiro atoms. The number of ether oxygens (including phenoxy) is 1. The number of hydrogen-bond acceptors (Lipinski definition) is 3. The minimum Gasteiger partial charge on any atom is -0.481 e. The summed E-state index contributed by atoms with van der Waals surface area (Å²) in [6, 6.07) is 3.83. The monoisotopic (exact) mass is 293 g/mol. The molecule has 1 fully saturated rings. The molecule has 0 aliphatic heterocycles. The van der Waals surface area contributed by atoms with E-state index in [0.717, 1.165) is 23.4 Å². The molecule has 2 aromatic heterocycles. The first kappa shape index (κ1) is 13.7. The Kier molecular flexibility index (Phi) is 3.36. The first-order valence-electron chi connectivity index (χ1n) is 7.06. The van der Waals surface area contributed by atoms with Crippen molar-refractivity contribution in [2.45, 2.75) is 38.6 Å². The van der Waals surface area contributed by atoms with E-state index in [1.54, 1.807) is 7.11 Å². The summed E-state index contributed by atoms with van der Waals surface area (Å²) in [5.74, 6) is 2.92. The SMILES string of the molecule is COc1ccc2nc(CCCl)n(C(C)(C)C3CC3)c2n1. The number of alkyl halides is 1. The number of pyridine rings is 1. The lowest BCUT2D eigenvalue weighted by Gasteiger charge is -2.29. The molecule has 0 atom stereocenters. The van der Waals surface area contributed by atoms with Gasteiger partial charge in [0, 0.05) is 23.9 Å². The Morgan fingerprint density at radius 1 is 1.35 bits per heavy atom. The molecule has 0 bridgehead atoms. The van der Waals surface area contributed by atoms with Gasteiger partial charge >= 0.3 is 0 Å². The average Bonchev–Trinajstić information content (AvgIpc) is 3.21. The molecule has 0 radical (unpaired) electrons. The van der Waals surface area contributed by atoms with Crippen LogP contribution in [-0.4, -0.2) is 27.5 Å². The Bertz CT molecular complexity index is 631. The topological polar surface area (TPSA) is 39.9 Å². The van der Waals surface area contributed by atoms with Crippen LogP contribution in [0.3, 0.4) is 0 Å². The molecule has 5 heteroatoms. The van der Waals surface area contributed by atoms with Gasteiger partial charge in [-0.05, 0) is 38.7 Å².